The van der Waals surface area contributed by atoms with Gasteiger partial charge in [0.25, 0.3) is 11.8 Å². The summed E-state index contributed by atoms with van der Waals surface area (Å²) in [5.74, 6) is -1.32. The lowest BCUT2D eigenvalue weighted by molar-refractivity contribution is -0.109. The number of ether oxygens (including phenoxy) is 1. The number of carbonyl (C=O) groups excluding carboxylic acids is 1. The third-order valence-corrected chi connectivity index (χ3v) is 3.40. The largest absolute Gasteiger partial charge is 0.340 e. The molecular formula is C16H16N4O2. The minimum absolute atomic E-state index is 0.219. The van der Waals surface area contributed by atoms with Gasteiger partial charge in [0.2, 0.25) is 0 Å². The monoisotopic (exact) mass is 296 g/mol. The molecule has 0 aliphatic carbocycles. The summed E-state index contributed by atoms with van der Waals surface area (Å²) in [6.07, 6.45) is 1.38. The van der Waals surface area contributed by atoms with Crippen LogP contribution in [-0.4, -0.2) is 24.4 Å². The van der Waals surface area contributed by atoms with Gasteiger partial charge in [-0.05, 0) is 12.1 Å². The molecule has 1 unspecified atom stereocenters. The Morgan fingerprint density at radius 3 is 2.36 bits per heavy atom. The van der Waals surface area contributed by atoms with Gasteiger partial charge in [-0.1, -0.05) is 48.5 Å². The molecule has 0 saturated carbocycles. The minimum Gasteiger partial charge on any atom is -0.340 e. The van der Waals surface area contributed by atoms with Crippen LogP contribution in [0.25, 0.3) is 0 Å². The number of hydrogen-bond acceptors (Lipinski definition) is 5. The van der Waals surface area contributed by atoms with Gasteiger partial charge >= 0.3 is 0 Å². The molecule has 112 valence electrons. The van der Waals surface area contributed by atoms with Crippen LogP contribution in [0.2, 0.25) is 0 Å². The van der Waals surface area contributed by atoms with Crippen LogP contribution in [0, 0.1) is 0 Å². The lowest BCUT2D eigenvalue weighted by Crippen LogP contribution is -2.64. The zero-order valence-corrected chi connectivity index (χ0v) is 12.1. The maximum absolute atomic E-state index is 12.5. The molecule has 1 aliphatic rings. The summed E-state index contributed by atoms with van der Waals surface area (Å²) < 4.78 is 5.55. The third kappa shape index (κ3) is 2.57. The molecule has 0 saturated heterocycles. The first kappa shape index (κ1) is 14.2. The minimum atomic E-state index is -1.10. The summed E-state index contributed by atoms with van der Waals surface area (Å²) in [5.41, 5.74) is 7.27. The molecule has 0 spiro atoms. The average molecular weight is 296 g/mol. The number of hydrogen-bond donors (Lipinski definition) is 2. The van der Waals surface area contributed by atoms with Gasteiger partial charge in [0.15, 0.2) is 0 Å². The number of methoxy groups -OCH3 is 1. The van der Waals surface area contributed by atoms with Crippen molar-refractivity contribution in [3.05, 3.63) is 71.8 Å². The standard InChI is InChI=1S/C16H16N4O2/c1-22-16(14-10-6-3-7-11-14)18-17-12-20(19-16)15(21)13-8-4-2-5-9-13/h2-12,18-19H,1H3. The van der Waals surface area contributed by atoms with Crippen molar-refractivity contribution in [3.63, 3.8) is 0 Å². The van der Waals surface area contributed by atoms with Crippen molar-refractivity contribution < 1.29 is 9.53 Å². The van der Waals surface area contributed by atoms with Gasteiger partial charge < -0.3 is 4.74 Å². The molecule has 1 amide bonds. The van der Waals surface area contributed by atoms with Crippen molar-refractivity contribution in [2.24, 2.45) is 5.10 Å². The van der Waals surface area contributed by atoms with Crippen molar-refractivity contribution in [1.29, 1.82) is 0 Å². The topological polar surface area (TPSA) is 66.0 Å². The van der Waals surface area contributed by atoms with Crippen molar-refractivity contribution in [1.82, 2.24) is 15.9 Å². The first-order chi connectivity index (χ1) is 10.7. The second-order valence-corrected chi connectivity index (χ2v) is 4.76. The van der Waals surface area contributed by atoms with Gasteiger partial charge in [-0.2, -0.15) is 10.5 Å². The lowest BCUT2D eigenvalue weighted by atomic mass is 10.1. The molecule has 0 radical (unpaired) electrons. The zero-order valence-electron chi connectivity index (χ0n) is 12.1. The molecule has 1 aliphatic heterocycles. The molecular weight excluding hydrogens is 280 g/mol. The quantitative estimate of drug-likeness (QED) is 0.903. The Kier molecular flexibility index (Phi) is 3.86. The Morgan fingerprint density at radius 1 is 1.09 bits per heavy atom. The van der Waals surface area contributed by atoms with Crippen LogP contribution in [0.5, 0.6) is 0 Å². The predicted molar refractivity (Wildman–Crippen MR) is 82.5 cm³/mol. The van der Waals surface area contributed by atoms with Gasteiger partial charge in [0.05, 0.1) is 0 Å². The first-order valence-corrected chi connectivity index (χ1v) is 6.83. The molecule has 1 atom stereocenters. The maximum Gasteiger partial charge on any atom is 0.273 e. The second-order valence-electron chi connectivity index (χ2n) is 4.76. The van der Waals surface area contributed by atoms with Crippen LogP contribution in [0.4, 0.5) is 0 Å². The Balaban J connectivity index is 1.89. The molecule has 2 N–H and O–H groups in total. The highest BCUT2D eigenvalue weighted by atomic mass is 16.5. The highest BCUT2D eigenvalue weighted by Crippen LogP contribution is 2.21. The van der Waals surface area contributed by atoms with Crippen LogP contribution in [0.1, 0.15) is 15.9 Å². The SMILES string of the molecule is COC1(c2ccccc2)NN=CN(C(=O)c2ccccc2)N1. The number of carbonyl (C=O) groups is 1. The number of nitrogens with one attached hydrogen (secondary N) is 2. The van der Waals surface area contributed by atoms with E-state index in [2.05, 4.69) is 16.0 Å². The van der Waals surface area contributed by atoms with Gasteiger partial charge in [-0.25, -0.2) is 5.01 Å². The molecule has 2 aromatic rings. The first-order valence-electron chi connectivity index (χ1n) is 6.83. The number of hydrazine groups is 1. The van der Waals surface area contributed by atoms with E-state index in [1.165, 1.54) is 11.3 Å². The summed E-state index contributed by atoms with van der Waals surface area (Å²) in [5, 5.41) is 5.36. The van der Waals surface area contributed by atoms with Crippen molar-refractivity contribution in [2.45, 2.75) is 5.85 Å². The molecule has 2 aromatic carbocycles. The van der Waals surface area contributed by atoms with Crippen LogP contribution in [-0.2, 0) is 10.6 Å². The smallest absolute Gasteiger partial charge is 0.273 e. The summed E-state index contributed by atoms with van der Waals surface area (Å²) in [6, 6.07) is 18.4. The Bertz CT molecular complexity index is 675. The highest BCUT2D eigenvalue weighted by Gasteiger charge is 2.37. The highest BCUT2D eigenvalue weighted by molar-refractivity contribution is 6.00. The number of rotatable bonds is 3. The fourth-order valence-electron chi connectivity index (χ4n) is 2.24. The maximum atomic E-state index is 12.5. The third-order valence-electron chi connectivity index (χ3n) is 3.40. The number of nitrogens with zero attached hydrogens (tertiary/aromatic N) is 2. The normalized spacial score (nSPS) is 20.5. The average Bonchev–Trinajstić information content (AvgIpc) is 2.62. The van der Waals surface area contributed by atoms with E-state index < -0.39 is 5.85 Å². The molecule has 3 rings (SSSR count). The molecule has 1 heterocycles. The number of hydrazone groups is 1. The van der Waals surface area contributed by atoms with Crippen LogP contribution in [0.15, 0.2) is 65.8 Å². The van der Waals surface area contributed by atoms with Crippen LogP contribution in [0.3, 0.4) is 0 Å². The van der Waals surface area contributed by atoms with Crippen molar-refractivity contribution >= 4 is 12.2 Å². The summed E-state index contributed by atoms with van der Waals surface area (Å²) in [4.78, 5) is 12.5. The molecule has 0 bridgehead atoms. The van der Waals surface area contributed by atoms with Gasteiger partial charge in [-0.15, -0.1) is 0 Å². The Hall–Kier alpha value is -2.70. The lowest BCUT2D eigenvalue weighted by Gasteiger charge is -2.39. The molecule has 6 heteroatoms. The van der Waals surface area contributed by atoms with Crippen molar-refractivity contribution in [2.75, 3.05) is 7.11 Å². The molecule has 0 aromatic heterocycles. The van der Waals surface area contributed by atoms with E-state index in [0.29, 0.717) is 5.56 Å². The Labute approximate surface area is 128 Å². The fraction of sp³-hybridized carbons (Fsp3) is 0.125. The summed E-state index contributed by atoms with van der Waals surface area (Å²) in [6.45, 7) is 0. The van der Waals surface area contributed by atoms with E-state index in [4.69, 9.17) is 4.74 Å². The second kappa shape index (κ2) is 5.97. The summed E-state index contributed by atoms with van der Waals surface area (Å²) >= 11 is 0. The van der Waals surface area contributed by atoms with E-state index >= 15 is 0 Å². The number of benzene rings is 2. The van der Waals surface area contributed by atoms with Gasteiger partial charge in [0, 0.05) is 18.2 Å². The van der Waals surface area contributed by atoms with E-state index in [9.17, 15) is 4.79 Å². The Morgan fingerprint density at radius 2 is 1.73 bits per heavy atom. The number of amides is 1. The zero-order chi connectivity index (χ0) is 15.4. The van der Waals surface area contributed by atoms with Crippen molar-refractivity contribution in [3.8, 4) is 0 Å². The van der Waals surface area contributed by atoms with E-state index in [-0.39, 0.29) is 5.91 Å². The van der Waals surface area contributed by atoms with Gasteiger partial charge in [-0.3, -0.25) is 10.2 Å². The van der Waals surface area contributed by atoms with E-state index in [1.807, 2.05) is 48.5 Å². The van der Waals surface area contributed by atoms with Gasteiger partial charge in [0.1, 0.15) is 6.34 Å². The predicted octanol–water partition coefficient (Wildman–Crippen LogP) is 1.64. The van der Waals surface area contributed by atoms with Crippen LogP contribution < -0.4 is 10.9 Å². The fourth-order valence-corrected chi connectivity index (χ4v) is 2.24. The molecule has 6 nitrogen and oxygen atoms in total. The molecule has 22 heavy (non-hydrogen) atoms. The summed E-state index contributed by atoms with van der Waals surface area (Å²) in [7, 11) is 1.54. The van der Waals surface area contributed by atoms with Crippen LogP contribution >= 0.6 is 0 Å². The van der Waals surface area contributed by atoms with E-state index in [1.54, 1.807) is 19.2 Å². The molecule has 0 fully saturated rings. The van der Waals surface area contributed by atoms with E-state index in [0.717, 1.165) is 5.56 Å².